The van der Waals surface area contributed by atoms with Crippen LogP contribution in [0.15, 0.2) is 23.2 Å². The molecular weight excluding hydrogens is 356 g/mol. The molecule has 0 spiro atoms. The highest BCUT2D eigenvalue weighted by atomic mass is 35.5. The van der Waals surface area contributed by atoms with Gasteiger partial charge in [0.1, 0.15) is 5.88 Å². The average Bonchev–Trinajstić information content (AvgIpc) is 2.88. The molecule has 0 aliphatic carbocycles. The zero-order valence-corrected chi connectivity index (χ0v) is 15.2. The molecule has 2 aliphatic heterocycles. The summed E-state index contributed by atoms with van der Waals surface area (Å²) in [5.41, 5.74) is 3.04. The SMILES string of the molecule is Cc1cc(C)cc(N2C(=NC(=O)CCl)S[C@H]3CS(=O)(=O)C[C@@H]32)c1. The van der Waals surface area contributed by atoms with E-state index < -0.39 is 15.7 Å². The van der Waals surface area contributed by atoms with Gasteiger partial charge in [0.25, 0.3) is 5.91 Å². The van der Waals surface area contributed by atoms with Crippen molar-refractivity contribution in [2.75, 3.05) is 22.3 Å². The normalized spacial score (nSPS) is 27.4. The molecule has 0 radical (unpaired) electrons. The first kappa shape index (κ1) is 16.8. The maximum atomic E-state index is 12.0. The van der Waals surface area contributed by atoms with E-state index in [0.717, 1.165) is 16.8 Å². The summed E-state index contributed by atoms with van der Waals surface area (Å²) < 4.78 is 23.9. The Morgan fingerprint density at radius 1 is 1.30 bits per heavy atom. The predicted octanol–water partition coefficient (Wildman–Crippen LogP) is 2.14. The molecule has 8 heteroatoms. The fourth-order valence-corrected chi connectivity index (χ4v) is 7.08. The fraction of sp³-hybridized carbons (Fsp3) is 0.467. The number of alkyl halides is 1. The molecule has 124 valence electrons. The smallest absolute Gasteiger partial charge is 0.262 e. The largest absolute Gasteiger partial charge is 0.316 e. The van der Waals surface area contributed by atoms with Crippen LogP contribution in [0.25, 0.3) is 0 Å². The lowest BCUT2D eigenvalue weighted by Gasteiger charge is -2.25. The number of aryl methyl sites for hydroxylation is 2. The number of aliphatic imine (C=N–C) groups is 1. The topological polar surface area (TPSA) is 66.8 Å². The van der Waals surface area contributed by atoms with Crippen LogP contribution in [-0.2, 0) is 14.6 Å². The van der Waals surface area contributed by atoms with E-state index in [9.17, 15) is 13.2 Å². The van der Waals surface area contributed by atoms with Gasteiger partial charge in [0.15, 0.2) is 15.0 Å². The number of amides is 1. The van der Waals surface area contributed by atoms with E-state index in [1.807, 2.05) is 30.9 Å². The van der Waals surface area contributed by atoms with E-state index >= 15 is 0 Å². The highest BCUT2D eigenvalue weighted by molar-refractivity contribution is 8.16. The van der Waals surface area contributed by atoms with E-state index in [4.69, 9.17) is 11.6 Å². The summed E-state index contributed by atoms with van der Waals surface area (Å²) in [6.07, 6.45) is 0. The van der Waals surface area contributed by atoms with Crippen molar-refractivity contribution in [3.05, 3.63) is 29.3 Å². The second kappa shape index (κ2) is 6.11. The number of carbonyl (C=O) groups excluding carboxylic acids is 1. The summed E-state index contributed by atoms with van der Waals surface area (Å²) >= 11 is 6.92. The van der Waals surface area contributed by atoms with Crippen molar-refractivity contribution in [1.29, 1.82) is 0 Å². The van der Waals surface area contributed by atoms with Crippen molar-refractivity contribution < 1.29 is 13.2 Å². The van der Waals surface area contributed by atoms with Crippen molar-refractivity contribution in [2.24, 2.45) is 4.99 Å². The van der Waals surface area contributed by atoms with Crippen LogP contribution in [0.3, 0.4) is 0 Å². The van der Waals surface area contributed by atoms with E-state index in [2.05, 4.69) is 11.1 Å². The summed E-state index contributed by atoms with van der Waals surface area (Å²) in [6, 6.07) is 5.84. The Labute approximate surface area is 145 Å². The quantitative estimate of drug-likeness (QED) is 0.744. The number of halogens is 1. The molecule has 2 heterocycles. The monoisotopic (exact) mass is 372 g/mol. The minimum Gasteiger partial charge on any atom is -0.316 e. The molecule has 23 heavy (non-hydrogen) atoms. The van der Waals surface area contributed by atoms with Gasteiger partial charge in [-0.05, 0) is 37.1 Å². The van der Waals surface area contributed by atoms with Crippen LogP contribution >= 0.6 is 23.4 Å². The Morgan fingerprint density at radius 3 is 2.57 bits per heavy atom. The first-order valence-electron chi connectivity index (χ1n) is 7.21. The third-order valence-electron chi connectivity index (χ3n) is 3.89. The van der Waals surface area contributed by atoms with Gasteiger partial charge in [0.2, 0.25) is 0 Å². The van der Waals surface area contributed by atoms with Crippen LogP contribution in [0.2, 0.25) is 0 Å². The zero-order chi connectivity index (χ0) is 16.8. The number of sulfone groups is 1. The number of hydrogen-bond acceptors (Lipinski definition) is 4. The second-order valence-corrected chi connectivity index (χ2v) is 9.57. The van der Waals surface area contributed by atoms with Gasteiger partial charge in [-0.3, -0.25) is 4.79 Å². The van der Waals surface area contributed by atoms with E-state index in [0.29, 0.717) is 5.17 Å². The van der Waals surface area contributed by atoms with Gasteiger partial charge >= 0.3 is 0 Å². The molecule has 1 aromatic rings. The molecule has 2 saturated heterocycles. The first-order valence-corrected chi connectivity index (χ1v) is 10.4. The van der Waals surface area contributed by atoms with Crippen molar-refractivity contribution in [3.8, 4) is 0 Å². The molecule has 1 amide bonds. The molecule has 2 fully saturated rings. The van der Waals surface area contributed by atoms with Crippen LogP contribution in [0.5, 0.6) is 0 Å². The van der Waals surface area contributed by atoms with Crippen molar-refractivity contribution >= 4 is 50.0 Å². The van der Waals surface area contributed by atoms with Crippen LogP contribution in [-0.4, -0.2) is 48.2 Å². The highest BCUT2D eigenvalue weighted by Gasteiger charge is 2.49. The third-order valence-corrected chi connectivity index (χ3v) is 7.32. The molecule has 0 aromatic heterocycles. The molecule has 0 bridgehead atoms. The highest BCUT2D eigenvalue weighted by Crippen LogP contribution is 2.41. The Kier molecular flexibility index (Phi) is 4.46. The van der Waals surface area contributed by atoms with Crippen LogP contribution in [0.4, 0.5) is 5.69 Å². The van der Waals surface area contributed by atoms with Gasteiger partial charge in [0, 0.05) is 10.9 Å². The number of fused-ring (bicyclic) bond motifs is 1. The Morgan fingerprint density at radius 2 is 1.96 bits per heavy atom. The molecule has 2 atom stereocenters. The minimum absolute atomic E-state index is 0.0890. The van der Waals surface area contributed by atoms with Gasteiger partial charge < -0.3 is 4.90 Å². The van der Waals surface area contributed by atoms with Gasteiger partial charge in [-0.15, -0.1) is 11.6 Å². The molecule has 0 N–H and O–H groups in total. The summed E-state index contributed by atoms with van der Waals surface area (Å²) in [7, 11) is -3.05. The molecular formula is C15H17ClN2O3S2. The van der Waals surface area contributed by atoms with Gasteiger partial charge in [-0.2, -0.15) is 4.99 Å². The van der Waals surface area contributed by atoms with Gasteiger partial charge in [0.05, 0.1) is 17.5 Å². The third kappa shape index (κ3) is 3.41. The lowest BCUT2D eigenvalue weighted by Crippen LogP contribution is -2.37. The van der Waals surface area contributed by atoms with E-state index in [1.165, 1.54) is 11.8 Å². The lowest BCUT2D eigenvalue weighted by atomic mass is 10.1. The van der Waals surface area contributed by atoms with Gasteiger partial charge in [-0.25, -0.2) is 8.42 Å². The molecule has 3 rings (SSSR count). The molecule has 2 aliphatic rings. The van der Waals surface area contributed by atoms with Crippen molar-refractivity contribution in [2.45, 2.75) is 25.1 Å². The zero-order valence-electron chi connectivity index (χ0n) is 12.8. The average molecular weight is 373 g/mol. The van der Waals surface area contributed by atoms with Crippen LogP contribution < -0.4 is 4.90 Å². The maximum Gasteiger partial charge on any atom is 0.262 e. The summed E-state index contributed by atoms with van der Waals surface area (Å²) in [5, 5.41) is 0.452. The van der Waals surface area contributed by atoms with Crippen molar-refractivity contribution in [3.63, 3.8) is 0 Å². The summed E-state index contributed by atoms with van der Waals surface area (Å²) in [6.45, 7) is 3.98. The number of carbonyl (C=O) groups is 1. The first-order chi connectivity index (χ1) is 10.8. The number of rotatable bonds is 2. The second-order valence-electron chi connectivity index (χ2n) is 5.94. The summed E-state index contributed by atoms with van der Waals surface area (Å²) in [5.74, 6) is -0.381. The van der Waals surface area contributed by atoms with Crippen LogP contribution in [0.1, 0.15) is 11.1 Å². The lowest BCUT2D eigenvalue weighted by molar-refractivity contribution is -0.115. The summed E-state index contributed by atoms with van der Waals surface area (Å²) in [4.78, 5) is 17.6. The number of benzene rings is 1. The number of nitrogens with zero attached hydrogens (tertiary/aromatic N) is 2. The van der Waals surface area contributed by atoms with E-state index in [-0.39, 0.29) is 28.7 Å². The van der Waals surface area contributed by atoms with Crippen molar-refractivity contribution in [1.82, 2.24) is 0 Å². The molecule has 0 saturated carbocycles. The number of amidine groups is 1. The van der Waals surface area contributed by atoms with Gasteiger partial charge in [-0.1, -0.05) is 17.8 Å². The van der Waals surface area contributed by atoms with Crippen LogP contribution in [0, 0.1) is 13.8 Å². The number of thioether (sulfide) groups is 1. The number of anilines is 1. The molecule has 0 unspecified atom stereocenters. The fourth-order valence-electron chi connectivity index (χ4n) is 3.09. The molecule has 1 aromatic carbocycles. The molecule has 5 nitrogen and oxygen atoms in total. The maximum absolute atomic E-state index is 12.0. The Balaban J connectivity index is 2.06. The van der Waals surface area contributed by atoms with E-state index in [1.54, 1.807) is 0 Å². The Hall–Kier alpha value is -1.05. The predicted molar refractivity (Wildman–Crippen MR) is 95.4 cm³/mol. The standard InChI is InChI=1S/C15H17ClN2O3S2/c1-9-3-10(2)5-11(4-9)18-12-7-23(20,21)8-13(12)22-15(18)17-14(19)6-16/h3-5,12-13H,6-8H2,1-2H3/t12-,13-/m0/s1. The number of hydrogen-bond donors (Lipinski definition) is 0. The minimum atomic E-state index is -3.05. The Bertz CT molecular complexity index is 772.